The van der Waals surface area contributed by atoms with Gasteiger partial charge in [-0.1, -0.05) is 0 Å². The number of carbonyl (C=O) groups is 5. The minimum absolute atomic E-state index is 0.0522. The summed E-state index contributed by atoms with van der Waals surface area (Å²) in [6.07, 6.45) is 0.549. The quantitative estimate of drug-likeness (QED) is 0.0467. The lowest BCUT2D eigenvalue weighted by atomic mass is 10.1. The van der Waals surface area contributed by atoms with E-state index >= 15 is 0 Å². The third kappa shape index (κ3) is 15.6. The predicted molar refractivity (Wildman–Crippen MR) is 129 cm³/mol. The topological polar surface area (TPSA) is 318 Å². The second-order valence-corrected chi connectivity index (χ2v) is 7.81. The molecule has 17 heteroatoms. The molecule has 36 heavy (non-hydrogen) atoms. The summed E-state index contributed by atoms with van der Waals surface area (Å²) in [6, 6.07) is -3.50. The largest absolute Gasteiger partial charge is 0.480 e. The maximum Gasteiger partial charge on any atom is 0.326 e. The third-order valence-electron chi connectivity index (χ3n) is 4.70. The molecule has 0 aromatic rings. The van der Waals surface area contributed by atoms with Gasteiger partial charge in [-0.05, 0) is 32.1 Å². The Morgan fingerprint density at radius 2 is 1.31 bits per heavy atom. The highest BCUT2D eigenvalue weighted by molar-refractivity contribution is 5.92. The molecule has 0 fully saturated rings. The van der Waals surface area contributed by atoms with Crippen LogP contribution in [0.15, 0.2) is 0 Å². The summed E-state index contributed by atoms with van der Waals surface area (Å²) in [4.78, 5) is 59.5. The highest BCUT2D eigenvalue weighted by Crippen LogP contribution is 2.02. The normalized spacial score (nSPS) is 12.8. The van der Waals surface area contributed by atoms with Crippen molar-refractivity contribution in [2.45, 2.75) is 56.7 Å². The molecular formula is C19H37N11O6. The molecule has 0 heterocycles. The lowest BCUT2D eigenvalue weighted by molar-refractivity contribution is -0.142. The second kappa shape index (κ2) is 17.3. The summed E-state index contributed by atoms with van der Waals surface area (Å²) < 4.78 is 0. The van der Waals surface area contributed by atoms with Crippen LogP contribution in [0.2, 0.25) is 0 Å². The molecule has 4 amide bonds. The van der Waals surface area contributed by atoms with Crippen molar-refractivity contribution in [2.24, 2.45) is 22.9 Å². The number of rotatable bonds is 18. The standard InChI is InChI=1S/C19H37N11O6/c20-10(3-1-7-26-18(22)23)15(33)28-9-14(32)29-11(4-2-8-27-19(24)25)16(34)30-12(17(35)36)5-6-13(21)31/h10-12H,1-9,20H2,(H2,21,31)(H,28,33)(H,29,32)(H,30,34)(H,35,36)(H4,22,23,26)(H4,24,25,27)/t10-,11-,12-/m0/s1. The van der Waals surface area contributed by atoms with Gasteiger partial charge in [0.1, 0.15) is 12.1 Å². The minimum Gasteiger partial charge on any atom is -0.480 e. The molecule has 0 aliphatic heterocycles. The molecule has 0 aliphatic carbocycles. The summed E-state index contributed by atoms with van der Waals surface area (Å²) in [6.45, 7) is 0.0731. The molecule has 0 bridgehead atoms. The van der Waals surface area contributed by atoms with Gasteiger partial charge in [0.05, 0.1) is 12.6 Å². The fraction of sp³-hybridized carbons (Fsp3) is 0.632. The molecule has 17 nitrogen and oxygen atoms in total. The van der Waals surface area contributed by atoms with Crippen LogP contribution in [0.3, 0.4) is 0 Å². The molecule has 0 aliphatic rings. The smallest absolute Gasteiger partial charge is 0.326 e. The highest BCUT2D eigenvalue weighted by Gasteiger charge is 2.27. The number of aliphatic carboxylic acids is 1. The van der Waals surface area contributed by atoms with E-state index in [-0.39, 0.29) is 50.6 Å². The van der Waals surface area contributed by atoms with Crippen LogP contribution >= 0.6 is 0 Å². The summed E-state index contributed by atoms with van der Waals surface area (Å²) in [5, 5.41) is 35.6. The zero-order valence-electron chi connectivity index (χ0n) is 19.9. The number of carbonyl (C=O) groups excluding carboxylic acids is 4. The van der Waals surface area contributed by atoms with Crippen LogP contribution in [-0.4, -0.2) is 84.4 Å². The summed E-state index contributed by atoms with van der Waals surface area (Å²) in [7, 11) is 0. The number of carboxylic acids is 1. The van der Waals surface area contributed by atoms with Crippen LogP contribution in [0.5, 0.6) is 0 Å². The van der Waals surface area contributed by atoms with Crippen LogP contribution in [0, 0.1) is 10.8 Å². The highest BCUT2D eigenvalue weighted by atomic mass is 16.4. The van der Waals surface area contributed by atoms with E-state index in [0.29, 0.717) is 13.0 Å². The van der Waals surface area contributed by atoms with Gasteiger partial charge in [0, 0.05) is 19.5 Å². The van der Waals surface area contributed by atoms with Crippen molar-refractivity contribution in [3.63, 3.8) is 0 Å². The van der Waals surface area contributed by atoms with Gasteiger partial charge in [0.25, 0.3) is 0 Å². The van der Waals surface area contributed by atoms with E-state index in [2.05, 4.69) is 26.6 Å². The Labute approximate surface area is 207 Å². The molecule has 204 valence electrons. The Morgan fingerprint density at radius 3 is 1.81 bits per heavy atom. The molecule has 0 saturated heterocycles. The van der Waals surface area contributed by atoms with E-state index in [9.17, 15) is 29.1 Å². The van der Waals surface area contributed by atoms with Gasteiger partial charge in [0.2, 0.25) is 23.6 Å². The maximum atomic E-state index is 12.7. The number of carboxylic acid groups (broad SMARTS) is 1. The zero-order chi connectivity index (χ0) is 27.7. The van der Waals surface area contributed by atoms with Crippen molar-refractivity contribution in [2.75, 3.05) is 19.6 Å². The molecule has 16 N–H and O–H groups in total. The molecule has 0 aromatic heterocycles. The van der Waals surface area contributed by atoms with Gasteiger partial charge in [-0.15, -0.1) is 0 Å². The third-order valence-corrected chi connectivity index (χ3v) is 4.70. The zero-order valence-corrected chi connectivity index (χ0v) is 19.9. The number of hydrogen-bond acceptors (Lipinski definition) is 8. The minimum atomic E-state index is -1.41. The van der Waals surface area contributed by atoms with Crippen LogP contribution in [0.4, 0.5) is 0 Å². The first-order chi connectivity index (χ1) is 16.8. The van der Waals surface area contributed by atoms with Gasteiger partial charge in [0.15, 0.2) is 11.9 Å². The Morgan fingerprint density at radius 1 is 0.750 bits per heavy atom. The average molecular weight is 516 g/mol. The molecule has 0 unspecified atom stereocenters. The number of primary amides is 1. The van der Waals surface area contributed by atoms with Crippen molar-refractivity contribution in [1.29, 1.82) is 10.8 Å². The van der Waals surface area contributed by atoms with Crippen molar-refractivity contribution in [3.8, 4) is 0 Å². The molecular weight excluding hydrogens is 478 g/mol. The predicted octanol–water partition coefficient (Wildman–Crippen LogP) is -4.72. The Hall–Kier alpha value is -4.15. The van der Waals surface area contributed by atoms with E-state index in [0.717, 1.165) is 0 Å². The Bertz CT molecular complexity index is 807. The van der Waals surface area contributed by atoms with Crippen LogP contribution < -0.4 is 49.5 Å². The number of guanidine groups is 2. The average Bonchev–Trinajstić information content (AvgIpc) is 2.78. The number of nitrogens with two attached hydrogens (primary N) is 4. The lowest BCUT2D eigenvalue weighted by Crippen LogP contribution is -2.54. The van der Waals surface area contributed by atoms with Crippen LogP contribution in [0.1, 0.15) is 38.5 Å². The number of nitrogens with one attached hydrogen (secondary N) is 7. The first kappa shape index (κ1) is 31.9. The first-order valence-corrected chi connectivity index (χ1v) is 11.1. The van der Waals surface area contributed by atoms with Gasteiger partial charge in [-0.3, -0.25) is 30.0 Å². The van der Waals surface area contributed by atoms with Crippen molar-refractivity contribution < 1.29 is 29.1 Å². The molecule has 0 rings (SSSR count). The number of hydrogen-bond donors (Lipinski definition) is 12. The van der Waals surface area contributed by atoms with Gasteiger partial charge >= 0.3 is 5.97 Å². The first-order valence-electron chi connectivity index (χ1n) is 11.1. The summed E-state index contributed by atoms with van der Waals surface area (Å²) in [5.74, 6) is -4.75. The Kier molecular flexibility index (Phi) is 15.3. The maximum absolute atomic E-state index is 12.7. The van der Waals surface area contributed by atoms with Crippen molar-refractivity contribution in [3.05, 3.63) is 0 Å². The van der Waals surface area contributed by atoms with E-state index in [1.54, 1.807) is 0 Å². The lowest BCUT2D eigenvalue weighted by Gasteiger charge is -2.22. The Balaban J connectivity index is 4.93. The van der Waals surface area contributed by atoms with E-state index in [4.69, 9.17) is 33.8 Å². The van der Waals surface area contributed by atoms with Crippen molar-refractivity contribution >= 4 is 41.5 Å². The molecule has 3 atom stereocenters. The molecule has 0 radical (unpaired) electrons. The number of amides is 4. The van der Waals surface area contributed by atoms with Crippen LogP contribution in [-0.2, 0) is 24.0 Å². The van der Waals surface area contributed by atoms with Gasteiger partial charge in [-0.2, -0.15) is 0 Å². The molecule has 0 saturated carbocycles. The van der Waals surface area contributed by atoms with E-state index < -0.39 is 54.3 Å². The summed E-state index contributed by atoms with van der Waals surface area (Å²) >= 11 is 0. The summed E-state index contributed by atoms with van der Waals surface area (Å²) in [5.41, 5.74) is 21.2. The van der Waals surface area contributed by atoms with Gasteiger partial charge < -0.3 is 54.6 Å². The monoisotopic (exact) mass is 515 g/mol. The SMILES string of the molecule is N=C(N)NCCC[C@H](NC(=O)CNC(=O)[C@@H](N)CCCNC(=N)N)C(=O)N[C@@H](CCC(N)=O)C(=O)O. The van der Waals surface area contributed by atoms with E-state index in [1.807, 2.05) is 0 Å². The molecule has 0 aromatic carbocycles. The molecule has 0 spiro atoms. The van der Waals surface area contributed by atoms with E-state index in [1.165, 1.54) is 0 Å². The van der Waals surface area contributed by atoms with Gasteiger partial charge in [-0.25, -0.2) is 4.79 Å². The fourth-order valence-electron chi connectivity index (χ4n) is 2.83. The second-order valence-electron chi connectivity index (χ2n) is 7.81. The van der Waals surface area contributed by atoms with Crippen LogP contribution in [0.25, 0.3) is 0 Å². The fourth-order valence-corrected chi connectivity index (χ4v) is 2.83. The van der Waals surface area contributed by atoms with Crippen molar-refractivity contribution in [1.82, 2.24) is 26.6 Å².